The predicted molar refractivity (Wildman–Crippen MR) is 82.0 cm³/mol. The average molecular weight is 285 g/mol. The van der Waals surface area contributed by atoms with E-state index >= 15 is 0 Å². The molecule has 110 valence electrons. The number of benzene rings is 1. The topological polar surface area (TPSA) is 70.2 Å². The van der Waals surface area contributed by atoms with Gasteiger partial charge in [-0.2, -0.15) is 0 Å². The van der Waals surface area contributed by atoms with E-state index < -0.39 is 0 Å². The molecule has 5 nitrogen and oxygen atoms in total. The highest BCUT2D eigenvalue weighted by atomic mass is 16.2. The van der Waals surface area contributed by atoms with Crippen LogP contribution in [0.15, 0.2) is 35.4 Å². The van der Waals surface area contributed by atoms with Crippen LogP contribution in [0.4, 0.5) is 11.4 Å². The normalized spacial score (nSPS) is 16.9. The predicted octanol–water partition coefficient (Wildman–Crippen LogP) is 1.89. The summed E-state index contributed by atoms with van der Waals surface area (Å²) in [6.45, 7) is 3.41. The molecule has 2 fully saturated rings. The van der Waals surface area contributed by atoms with Gasteiger partial charge >= 0.3 is 0 Å². The van der Waals surface area contributed by atoms with Crippen molar-refractivity contribution in [2.24, 2.45) is 5.92 Å². The van der Waals surface area contributed by atoms with Crippen molar-refractivity contribution >= 4 is 23.2 Å². The Bertz CT molecular complexity index is 612. The van der Waals surface area contributed by atoms with Gasteiger partial charge in [0.25, 0.3) is 5.91 Å². The Morgan fingerprint density at radius 1 is 1.14 bits per heavy atom. The summed E-state index contributed by atoms with van der Waals surface area (Å²) in [6.07, 6.45) is 1.95. The maximum Gasteiger partial charge on any atom is 0.251 e. The lowest BCUT2D eigenvalue weighted by Gasteiger charge is -2.21. The van der Waals surface area contributed by atoms with E-state index in [1.54, 1.807) is 6.07 Å². The van der Waals surface area contributed by atoms with Crippen LogP contribution in [0.5, 0.6) is 0 Å². The minimum atomic E-state index is -0.0860. The standard InChI is InChI=1S/C16H19N3O2/c1-10(12-8-17-9-12)15(20)18-13-3-2-4-14(7-13)19-16(21)11-5-6-11/h2-4,7,11,17H,5-6,8-9H2,1H3,(H,18,20)(H,19,21). The maximum atomic E-state index is 12.1. The average Bonchev–Trinajstić information content (AvgIpc) is 3.21. The van der Waals surface area contributed by atoms with Crippen LogP contribution in [0.1, 0.15) is 19.8 Å². The highest BCUT2D eigenvalue weighted by Crippen LogP contribution is 2.30. The molecule has 0 atom stereocenters. The molecule has 0 unspecified atom stereocenters. The lowest BCUT2D eigenvalue weighted by Crippen LogP contribution is -2.36. The van der Waals surface area contributed by atoms with E-state index in [-0.39, 0.29) is 17.7 Å². The number of hydrogen-bond acceptors (Lipinski definition) is 3. The molecule has 1 saturated carbocycles. The number of anilines is 2. The molecule has 1 aliphatic carbocycles. The van der Waals surface area contributed by atoms with Crippen LogP contribution in [-0.2, 0) is 9.59 Å². The molecule has 1 aromatic rings. The summed E-state index contributed by atoms with van der Waals surface area (Å²) in [5.41, 5.74) is 3.33. The van der Waals surface area contributed by atoms with E-state index in [4.69, 9.17) is 0 Å². The van der Waals surface area contributed by atoms with Gasteiger partial charge in [-0.15, -0.1) is 0 Å². The van der Waals surface area contributed by atoms with Crippen LogP contribution in [0.25, 0.3) is 0 Å². The molecular weight excluding hydrogens is 266 g/mol. The van der Waals surface area contributed by atoms with E-state index in [0.29, 0.717) is 5.69 Å². The molecule has 0 radical (unpaired) electrons. The number of hydrogen-bond donors (Lipinski definition) is 3. The van der Waals surface area contributed by atoms with Gasteiger partial charge in [-0.1, -0.05) is 6.07 Å². The Balaban J connectivity index is 1.65. The largest absolute Gasteiger partial charge is 0.326 e. The molecule has 5 heteroatoms. The molecule has 0 aromatic heterocycles. The minimum absolute atomic E-state index is 0.0670. The van der Waals surface area contributed by atoms with Gasteiger partial charge in [0.15, 0.2) is 0 Å². The van der Waals surface area contributed by atoms with Crippen molar-refractivity contribution in [2.75, 3.05) is 23.7 Å². The van der Waals surface area contributed by atoms with Crippen LogP contribution in [-0.4, -0.2) is 24.9 Å². The Kier molecular flexibility index (Phi) is 3.75. The first-order valence-corrected chi connectivity index (χ1v) is 7.25. The molecule has 2 aliphatic rings. The third-order valence-corrected chi connectivity index (χ3v) is 3.88. The number of amides is 2. The van der Waals surface area contributed by atoms with Gasteiger partial charge < -0.3 is 16.0 Å². The van der Waals surface area contributed by atoms with Gasteiger partial charge in [-0.05, 0) is 43.5 Å². The summed E-state index contributed by atoms with van der Waals surface area (Å²) in [4.78, 5) is 23.9. The molecular formula is C16H19N3O2. The molecule has 1 aliphatic heterocycles. The summed E-state index contributed by atoms with van der Waals surface area (Å²) < 4.78 is 0. The summed E-state index contributed by atoms with van der Waals surface area (Å²) in [6, 6.07) is 7.26. The fraction of sp³-hybridized carbons (Fsp3) is 0.375. The Morgan fingerprint density at radius 3 is 2.38 bits per heavy atom. The molecule has 0 bridgehead atoms. The highest BCUT2D eigenvalue weighted by Gasteiger charge is 2.29. The van der Waals surface area contributed by atoms with Crippen molar-refractivity contribution < 1.29 is 9.59 Å². The number of rotatable bonds is 4. The molecule has 21 heavy (non-hydrogen) atoms. The Labute approximate surface area is 123 Å². The molecule has 1 saturated heterocycles. The van der Waals surface area contributed by atoms with Crippen molar-refractivity contribution in [1.29, 1.82) is 0 Å². The third kappa shape index (κ3) is 3.31. The van der Waals surface area contributed by atoms with Crippen LogP contribution in [0, 0.1) is 5.92 Å². The van der Waals surface area contributed by atoms with E-state index in [1.165, 1.54) is 0 Å². The second kappa shape index (κ2) is 5.69. The summed E-state index contributed by atoms with van der Waals surface area (Å²) in [5.74, 6) is 0.149. The van der Waals surface area contributed by atoms with E-state index in [0.717, 1.165) is 42.8 Å². The van der Waals surface area contributed by atoms with Gasteiger partial charge in [-0.3, -0.25) is 9.59 Å². The Morgan fingerprint density at radius 2 is 1.81 bits per heavy atom. The number of carbonyl (C=O) groups is 2. The highest BCUT2D eigenvalue weighted by molar-refractivity contribution is 6.04. The second-order valence-corrected chi connectivity index (χ2v) is 5.63. The van der Waals surface area contributed by atoms with Crippen molar-refractivity contribution in [3.05, 3.63) is 35.4 Å². The zero-order valence-electron chi connectivity index (χ0n) is 12.0. The first-order chi connectivity index (χ1) is 10.1. The Hall–Kier alpha value is -2.14. The molecule has 1 heterocycles. The zero-order chi connectivity index (χ0) is 14.8. The fourth-order valence-electron chi connectivity index (χ4n) is 2.17. The van der Waals surface area contributed by atoms with Gasteiger partial charge in [-0.25, -0.2) is 0 Å². The van der Waals surface area contributed by atoms with Crippen LogP contribution < -0.4 is 16.0 Å². The van der Waals surface area contributed by atoms with Crippen LogP contribution >= 0.6 is 0 Å². The fourth-order valence-corrected chi connectivity index (χ4v) is 2.17. The quantitative estimate of drug-likeness (QED) is 0.740. The third-order valence-electron chi connectivity index (χ3n) is 3.88. The molecule has 1 aromatic carbocycles. The molecule has 0 spiro atoms. The lowest BCUT2D eigenvalue weighted by molar-refractivity contribution is -0.117. The van der Waals surface area contributed by atoms with Crippen LogP contribution in [0.2, 0.25) is 0 Å². The second-order valence-electron chi connectivity index (χ2n) is 5.63. The lowest BCUT2D eigenvalue weighted by atomic mass is 10.0. The zero-order valence-corrected chi connectivity index (χ0v) is 12.0. The number of nitrogens with one attached hydrogen (secondary N) is 3. The van der Waals surface area contributed by atoms with E-state index in [2.05, 4.69) is 16.0 Å². The first kappa shape index (κ1) is 13.8. The van der Waals surface area contributed by atoms with Gasteiger partial charge in [0.2, 0.25) is 5.91 Å². The first-order valence-electron chi connectivity index (χ1n) is 7.25. The molecule has 3 N–H and O–H groups in total. The summed E-state index contributed by atoms with van der Waals surface area (Å²) >= 11 is 0. The van der Waals surface area contributed by atoms with Gasteiger partial charge in [0, 0.05) is 36.0 Å². The van der Waals surface area contributed by atoms with Crippen molar-refractivity contribution in [1.82, 2.24) is 5.32 Å². The van der Waals surface area contributed by atoms with Crippen molar-refractivity contribution in [3.63, 3.8) is 0 Å². The number of carbonyl (C=O) groups excluding carboxylic acids is 2. The summed E-state index contributed by atoms with van der Waals surface area (Å²) in [7, 11) is 0. The van der Waals surface area contributed by atoms with E-state index in [1.807, 2.05) is 25.1 Å². The van der Waals surface area contributed by atoms with Crippen molar-refractivity contribution in [3.8, 4) is 0 Å². The smallest absolute Gasteiger partial charge is 0.251 e. The molecule has 2 amide bonds. The summed E-state index contributed by atoms with van der Waals surface area (Å²) in [5, 5.41) is 8.88. The van der Waals surface area contributed by atoms with Gasteiger partial charge in [0.1, 0.15) is 0 Å². The monoisotopic (exact) mass is 285 g/mol. The maximum absolute atomic E-state index is 12.1. The SMILES string of the molecule is CC(C(=O)Nc1cccc(NC(=O)C2CC2)c1)=C1CNC1. The minimum Gasteiger partial charge on any atom is -0.326 e. The molecule has 3 rings (SSSR count). The van der Waals surface area contributed by atoms with E-state index in [9.17, 15) is 9.59 Å². The van der Waals surface area contributed by atoms with Crippen LogP contribution in [0.3, 0.4) is 0 Å². The van der Waals surface area contributed by atoms with Gasteiger partial charge in [0.05, 0.1) is 0 Å². The van der Waals surface area contributed by atoms with Crippen molar-refractivity contribution in [2.45, 2.75) is 19.8 Å².